The average molecular weight is 436 g/mol. The summed E-state index contributed by atoms with van der Waals surface area (Å²) in [5.41, 5.74) is 5.32. The summed E-state index contributed by atoms with van der Waals surface area (Å²) in [6.45, 7) is 4.04. The van der Waals surface area contributed by atoms with Gasteiger partial charge in [-0.2, -0.15) is 13.2 Å². The molecule has 2 N–H and O–H groups in total. The third-order valence-corrected chi connectivity index (χ3v) is 5.21. The molecule has 0 unspecified atom stereocenters. The van der Waals surface area contributed by atoms with Gasteiger partial charge in [-0.15, -0.1) is 0 Å². The molecule has 30 heavy (non-hydrogen) atoms. The van der Waals surface area contributed by atoms with E-state index < -0.39 is 23.1 Å². The van der Waals surface area contributed by atoms with Crippen LogP contribution in [0.4, 0.5) is 17.6 Å². The van der Waals surface area contributed by atoms with Crippen molar-refractivity contribution < 1.29 is 31.8 Å². The third-order valence-electron chi connectivity index (χ3n) is 5.21. The predicted octanol–water partition coefficient (Wildman–Crippen LogP) is 5.42. The number of hydrogen-bond donors (Lipinski definition) is 1. The Balaban J connectivity index is 1.92. The second kappa shape index (κ2) is 10.8. The van der Waals surface area contributed by atoms with Crippen molar-refractivity contribution in [2.45, 2.75) is 76.3 Å². The Morgan fingerprint density at radius 3 is 2.30 bits per heavy atom. The summed E-state index contributed by atoms with van der Waals surface area (Å²) in [4.78, 5) is 0. The highest BCUT2D eigenvalue weighted by atomic mass is 19.4. The Hall–Kier alpha value is -1.38. The molecule has 1 aromatic rings. The smallest absolute Gasteiger partial charge is 0.419 e. The number of halogens is 4. The molecule has 0 atom stereocenters. The molecule has 1 saturated heterocycles. The van der Waals surface area contributed by atoms with E-state index in [1.54, 1.807) is 19.9 Å². The molecule has 2 rings (SSSR count). The van der Waals surface area contributed by atoms with Crippen LogP contribution in [0, 0.1) is 0 Å². The van der Waals surface area contributed by atoms with Crippen LogP contribution in [0.5, 0.6) is 5.75 Å². The molecule has 1 aromatic carbocycles. The van der Waals surface area contributed by atoms with Gasteiger partial charge < -0.3 is 19.9 Å². The van der Waals surface area contributed by atoms with Crippen molar-refractivity contribution in [2.24, 2.45) is 5.73 Å². The standard InChI is InChI=1S/C22H33F4NO3/c1-20(2)29-15-21(27,16-30-20)11-10-17-8-9-19(18(14-17)22(24,25)26)28-13-7-5-3-4-6-12-23/h8-9,14H,3-7,10-13,15-16,27H2,1-2H3. The van der Waals surface area contributed by atoms with Gasteiger partial charge in [0.1, 0.15) is 5.75 Å². The summed E-state index contributed by atoms with van der Waals surface area (Å²) >= 11 is 0. The molecular weight excluding hydrogens is 402 g/mol. The number of benzene rings is 1. The Morgan fingerprint density at radius 2 is 1.67 bits per heavy atom. The van der Waals surface area contributed by atoms with Gasteiger partial charge in [0.15, 0.2) is 5.79 Å². The largest absolute Gasteiger partial charge is 0.493 e. The summed E-state index contributed by atoms with van der Waals surface area (Å²) < 4.78 is 69.2. The van der Waals surface area contributed by atoms with E-state index in [1.165, 1.54) is 6.07 Å². The van der Waals surface area contributed by atoms with Crippen molar-refractivity contribution in [3.63, 3.8) is 0 Å². The van der Waals surface area contributed by atoms with Crippen LogP contribution in [0.3, 0.4) is 0 Å². The fourth-order valence-electron chi connectivity index (χ4n) is 3.25. The lowest BCUT2D eigenvalue weighted by atomic mass is 9.92. The first-order valence-corrected chi connectivity index (χ1v) is 10.5. The molecule has 0 spiro atoms. The van der Waals surface area contributed by atoms with Gasteiger partial charge in [-0.05, 0) is 57.2 Å². The number of aryl methyl sites for hydroxylation is 1. The molecule has 0 amide bonds. The molecule has 8 heteroatoms. The molecule has 172 valence electrons. The van der Waals surface area contributed by atoms with Crippen molar-refractivity contribution in [2.75, 3.05) is 26.5 Å². The van der Waals surface area contributed by atoms with E-state index in [4.69, 9.17) is 19.9 Å². The lowest BCUT2D eigenvalue weighted by Crippen LogP contribution is -2.57. The molecule has 0 radical (unpaired) electrons. The van der Waals surface area contributed by atoms with Crippen LogP contribution in [0.1, 0.15) is 63.5 Å². The van der Waals surface area contributed by atoms with E-state index >= 15 is 0 Å². The van der Waals surface area contributed by atoms with Crippen molar-refractivity contribution in [3.8, 4) is 5.75 Å². The summed E-state index contributed by atoms with van der Waals surface area (Å²) in [6.07, 6.45) is -0.0784. The number of nitrogens with two attached hydrogens (primary N) is 1. The van der Waals surface area contributed by atoms with Gasteiger partial charge in [-0.1, -0.05) is 25.3 Å². The van der Waals surface area contributed by atoms with Crippen LogP contribution in [0.2, 0.25) is 0 Å². The topological polar surface area (TPSA) is 53.7 Å². The quantitative estimate of drug-likeness (QED) is 0.373. The van der Waals surface area contributed by atoms with Gasteiger partial charge in [-0.25, -0.2) is 0 Å². The minimum Gasteiger partial charge on any atom is -0.493 e. The zero-order chi connectivity index (χ0) is 22.3. The average Bonchev–Trinajstić information content (AvgIpc) is 2.68. The van der Waals surface area contributed by atoms with Gasteiger partial charge in [0.25, 0.3) is 0 Å². The van der Waals surface area contributed by atoms with Crippen LogP contribution in [0.25, 0.3) is 0 Å². The highest BCUT2D eigenvalue weighted by Crippen LogP contribution is 2.37. The molecule has 0 aliphatic carbocycles. The number of alkyl halides is 4. The minimum absolute atomic E-state index is 0.163. The minimum atomic E-state index is -4.51. The predicted molar refractivity (Wildman–Crippen MR) is 107 cm³/mol. The number of ether oxygens (including phenoxy) is 3. The monoisotopic (exact) mass is 435 g/mol. The number of rotatable bonds is 11. The molecule has 0 aromatic heterocycles. The van der Waals surface area contributed by atoms with Crippen LogP contribution >= 0.6 is 0 Å². The first-order chi connectivity index (χ1) is 14.0. The first kappa shape index (κ1) is 24.9. The summed E-state index contributed by atoms with van der Waals surface area (Å²) in [7, 11) is 0. The van der Waals surface area contributed by atoms with Crippen LogP contribution in [0.15, 0.2) is 18.2 Å². The summed E-state index contributed by atoms with van der Waals surface area (Å²) in [5, 5.41) is 0. The molecule has 1 heterocycles. The fourth-order valence-corrected chi connectivity index (χ4v) is 3.25. The van der Waals surface area contributed by atoms with E-state index in [2.05, 4.69) is 0 Å². The third kappa shape index (κ3) is 8.04. The van der Waals surface area contributed by atoms with Gasteiger partial charge in [0.05, 0.1) is 37.6 Å². The van der Waals surface area contributed by atoms with Crippen molar-refractivity contribution in [1.82, 2.24) is 0 Å². The highest BCUT2D eigenvalue weighted by molar-refractivity contribution is 5.39. The maximum absolute atomic E-state index is 13.5. The number of hydrogen-bond acceptors (Lipinski definition) is 4. The van der Waals surface area contributed by atoms with Crippen molar-refractivity contribution >= 4 is 0 Å². The van der Waals surface area contributed by atoms with Crippen molar-refractivity contribution in [1.29, 1.82) is 0 Å². The Kier molecular flexibility index (Phi) is 8.94. The second-order valence-corrected chi connectivity index (χ2v) is 8.47. The van der Waals surface area contributed by atoms with E-state index in [0.717, 1.165) is 25.3 Å². The summed E-state index contributed by atoms with van der Waals surface area (Å²) in [6, 6.07) is 4.15. The van der Waals surface area contributed by atoms with Crippen LogP contribution < -0.4 is 10.5 Å². The maximum atomic E-state index is 13.5. The molecule has 1 fully saturated rings. The van der Waals surface area contributed by atoms with Gasteiger partial charge in [0.2, 0.25) is 0 Å². The summed E-state index contributed by atoms with van der Waals surface area (Å²) in [5.74, 6) is -0.859. The van der Waals surface area contributed by atoms with Gasteiger partial charge in [-0.3, -0.25) is 4.39 Å². The Morgan fingerprint density at radius 1 is 1.03 bits per heavy atom. The Labute approximate surface area is 176 Å². The molecule has 0 bridgehead atoms. The molecule has 0 saturated carbocycles. The first-order valence-electron chi connectivity index (χ1n) is 10.5. The van der Waals surface area contributed by atoms with Crippen LogP contribution in [-0.4, -0.2) is 37.8 Å². The molecule has 1 aliphatic rings. The van der Waals surface area contributed by atoms with E-state index in [-0.39, 0.29) is 19.0 Å². The molecule has 1 aliphatic heterocycles. The van der Waals surface area contributed by atoms with E-state index in [1.807, 2.05) is 0 Å². The van der Waals surface area contributed by atoms with Gasteiger partial charge in [0, 0.05) is 0 Å². The van der Waals surface area contributed by atoms with E-state index in [0.29, 0.717) is 44.5 Å². The zero-order valence-electron chi connectivity index (χ0n) is 17.8. The van der Waals surface area contributed by atoms with Gasteiger partial charge >= 0.3 is 6.18 Å². The maximum Gasteiger partial charge on any atom is 0.419 e. The lowest BCUT2D eigenvalue weighted by molar-refractivity contribution is -0.267. The van der Waals surface area contributed by atoms with Crippen molar-refractivity contribution in [3.05, 3.63) is 29.3 Å². The highest BCUT2D eigenvalue weighted by Gasteiger charge is 2.37. The molecule has 4 nitrogen and oxygen atoms in total. The second-order valence-electron chi connectivity index (χ2n) is 8.47. The number of unbranched alkanes of at least 4 members (excludes halogenated alkanes) is 4. The molecular formula is C22H33F4NO3. The Bertz CT molecular complexity index is 654. The van der Waals surface area contributed by atoms with E-state index in [9.17, 15) is 17.6 Å². The zero-order valence-corrected chi connectivity index (χ0v) is 17.8. The lowest BCUT2D eigenvalue weighted by Gasteiger charge is -2.41. The van der Waals surface area contributed by atoms with Crippen LogP contribution in [-0.2, 0) is 22.1 Å². The fraction of sp³-hybridized carbons (Fsp3) is 0.727. The SMILES string of the molecule is CC1(C)OCC(N)(CCc2ccc(OCCCCCCCF)c(C(F)(F)F)c2)CO1. The normalized spacial score (nSPS) is 18.4.